The Kier molecular flexibility index (Phi) is 5.02. The van der Waals surface area contributed by atoms with E-state index in [0.29, 0.717) is 13.0 Å². The summed E-state index contributed by atoms with van der Waals surface area (Å²) in [5.74, 6) is 0.227. The van der Waals surface area contributed by atoms with Crippen molar-refractivity contribution in [3.63, 3.8) is 0 Å². The van der Waals surface area contributed by atoms with Gasteiger partial charge in [-0.1, -0.05) is 48.5 Å². The summed E-state index contributed by atoms with van der Waals surface area (Å²) in [4.78, 5) is 16.0. The molecule has 1 fully saturated rings. The maximum atomic E-state index is 13.1. The van der Waals surface area contributed by atoms with Crippen molar-refractivity contribution >= 4 is 37.9 Å². The fourth-order valence-electron chi connectivity index (χ4n) is 3.64. The number of fused-ring (bicyclic) bond motifs is 1. The molecule has 3 aromatic rings. The van der Waals surface area contributed by atoms with E-state index in [9.17, 15) is 13.2 Å². The van der Waals surface area contributed by atoms with Crippen molar-refractivity contribution in [3.8, 4) is 0 Å². The number of hydrogen-bond donors (Lipinski definition) is 0. The number of nitrogens with zero attached hydrogens (tertiary/aromatic N) is 1. The van der Waals surface area contributed by atoms with Crippen LogP contribution >= 0.6 is 11.3 Å². The topological polar surface area (TPSA) is 54.5 Å². The Balaban J connectivity index is 1.57. The highest BCUT2D eigenvalue weighted by atomic mass is 32.2. The number of thiophene rings is 1. The van der Waals surface area contributed by atoms with E-state index in [1.165, 1.54) is 0 Å². The highest BCUT2D eigenvalue weighted by Gasteiger charge is 2.34. The van der Waals surface area contributed by atoms with Gasteiger partial charge >= 0.3 is 0 Å². The van der Waals surface area contributed by atoms with Crippen molar-refractivity contribution in [2.24, 2.45) is 0 Å². The molecule has 140 valence electrons. The summed E-state index contributed by atoms with van der Waals surface area (Å²) in [6.07, 6.45) is 0.809. The molecule has 1 aliphatic rings. The van der Waals surface area contributed by atoms with Gasteiger partial charge < -0.3 is 4.90 Å². The zero-order valence-corrected chi connectivity index (χ0v) is 16.5. The van der Waals surface area contributed by atoms with E-state index in [-0.39, 0.29) is 29.9 Å². The van der Waals surface area contributed by atoms with Crippen LogP contribution in [0.4, 0.5) is 0 Å². The number of sulfone groups is 1. The van der Waals surface area contributed by atoms with Crippen LogP contribution in [0.3, 0.4) is 0 Å². The lowest BCUT2D eigenvalue weighted by Crippen LogP contribution is -2.41. The quantitative estimate of drug-likeness (QED) is 0.658. The summed E-state index contributed by atoms with van der Waals surface area (Å²) in [6.45, 7) is 0.476. The lowest BCUT2D eigenvalue weighted by atomic mass is 10.0. The first kappa shape index (κ1) is 18.2. The van der Waals surface area contributed by atoms with Crippen LogP contribution in [-0.2, 0) is 27.6 Å². The van der Waals surface area contributed by atoms with Crippen molar-refractivity contribution in [3.05, 3.63) is 70.4 Å². The molecule has 2 heterocycles. The summed E-state index contributed by atoms with van der Waals surface area (Å²) < 4.78 is 23.9. The molecule has 0 saturated carbocycles. The maximum Gasteiger partial charge on any atom is 0.227 e. The Morgan fingerprint density at radius 1 is 1.07 bits per heavy atom. The van der Waals surface area contributed by atoms with E-state index in [2.05, 4.69) is 0 Å². The molecule has 4 nitrogen and oxygen atoms in total. The predicted octanol–water partition coefficient (Wildman–Crippen LogP) is 3.66. The second-order valence-electron chi connectivity index (χ2n) is 7.02. The summed E-state index contributed by atoms with van der Waals surface area (Å²) in [6, 6.07) is 17.8. The lowest BCUT2D eigenvalue weighted by molar-refractivity contribution is -0.133. The van der Waals surface area contributed by atoms with E-state index in [4.69, 9.17) is 0 Å². The molecule has 1 aliphatic heterocycles. The normalized spacial score (nSPS) is 18.6. The van der Waals surface area contributed by atoms with Crippen LogP contribution in [0.5, 0.6) is 0 Å². The monoisotopic (exact) mass is 399 g/mol. The molecule has 0 radical (unpaired) electrons. The molecule has 6 heteroatoms. The van der Waals surface area contributed by atoms with Crippen molar-refractivity contribution < 1.29 is 13.2 Å². The van der Waals surface area contributed by atoms with Gasteiger partial charge in [-0.3, -0.25) is 4.79 Å². The molecule has 27 heavy (non-hydrogen) atoms. The van der Waals surface area contributed by atoms with Gasteiger partial charge in [0.15, 0.2) is 9.84 Å². The van der Waals surface area contributed by atoms with Crippen LogP contribution < -0.4 is 0 Å². The SMILES string of the molecule is O=C(Cc1ccc2ccccc2c1)N(Cc1cccs1)[C@H]1CCS(=O)(=O)C1. The molecule has 0 aliphatic carbocycles. The summed E-state index contributed by atoms with van der Waals surface area (Å²) in [7, 11) is -3.05. The fraction of sp³-hybridized carbons (Fsp3) is 0.286. The number of hydrogen-bond acceptors (Lipinski definition) is 4. The minimum atomic E-state index is -3.05. The van der Waals surface area contributed by atoms with Gasteiger partial charge in [0, 0.05) is 10.9 Å². The number of rotatable bonds is 5. The highest BCUT2D eigenvalue weighted by Crippen LogP contribution is 2.23. The molecule has 1 amide bonds. The molecule has 4 rings (SSSR count). The summed E-state index contributed by atoms with van der Waals surface area (Å²) >= 11 is 1.59. The van der Waals surface area contributed by atoms with Gasteiger partial charge in [-0.25, -0.2) is 8.42 Å². The van der Waals surface area contributed by atoms with Crippen molar-refractivity contribution in [1.82, 2.24) is 4.90 Å². The first-order chi connectivity index (χ1) is 13.0. The second-order valence-corrected chi connectivity index (χ2v) is 10.3. The maximum absolute atomic E-state index is 13.1. The minimum Gasteiger partial charge on any atom is -0.333 e. The Morgan fingerprint density at radius 3 is 2.59 bits per heavy atom. The van der Waals surface area contributed by atoms with Gasteiger partial charge in [0.05, 0.1) is 24.5 Å². The molecular weight excluding hydrogens is 378 g/mol. The zero-order chi connectivity index (χ0) is 18.9. The molecule has 0 spiro atoms. The number of carbonyl (C=O) groups excluding carboxylic acids is 1. The third-order valence-corrected chi connectivity index (χ3v) is 7.66. The van der Waals surface area contributed by atoms with E-state index in [1.807, 2.05) is 60.0 Å². The molecule has 1 aromatic heterocycles. The van der Waals surface area contributed by atoms with Gasteiger partial charge in [0.1, 0.15) is 0 Å². The Bertz CT molecular complexity index is 1060. The number of amides is 1. The van der Waals surface area contributed by atoms with Crippen LogP contribution in [0.2, 0.25) is 0 Å². The van der Waals surface area contributed by atoms with E-state index in [1.54, 1.807) is 16.2 Å². The Morgan fingerprint density at radius 2 is 1.89 bits per heavy atom. The van der Waals surface area contributed by atoms with Crippen LogP contribution in [0.25, 0.3) is 10.8 Å². The molecule has 0 unspecified atom stereocenters. The van der Waals surface area contributed by atoms with Crippen LogP contribution in [-0.4, -0.2) is 36.8 Å². The molecule has 0 N–H and O–H groups in total. The summed E-state index contributed by atoms with van der Waals surface area (Å²) in [5, 5.41) is 4.23. The average molecular weight is 400 g/mol. The highest BCUT2D eigenvalue weighted by molar-refractivity contribution is 7.91. The Labute approximate surface area is 163 Å². The molecule has 1 saturated heterocycles. The average Bonchev–Trinajstić information content (AvgIpc) is 3.28. The summed E-state index contributed by atoms with van der Waals surface area (Å²) in [5.41, 5.74) is 0.954. The molecule has 2 aromatic carbocycles. The Hall–Kier alpha value is -2.18. The van der Waals surface area contributed by atoms with E-state index >= 15 is 0 Å². The van der Waals surface area contributed by atoms with Crippen LogP contribution in [0.15, 0.2) is 60.0 Å². The number of benzene rings is 2. The molecule has 1 atom stereocenters. The van der Waals surface area contributed by atoms with Crippen molar-refractivity contribution in [2.75, 3.05) is 11.5 Å². The smallest absolute Gasteiger partial charge is 0.227 e. The standard InChI is InChI=1S/C21H21NO3S2/c23-21(13-16-7-8-17-4-1-2-5-18(17)12-16)22(14-20-6-3-10-26-20)19-9-11-27(24,25)15-19/h1-8,10,12,19H,9,11,13-15H2/t19-/m0/s1. The fourth-order valence-corrected chi connectivity index (χ4v) is 6.07. The van der Waals surface area contributed by atoms with Crippen LogP contribution in [0, 0.1) is 0 Å². The van der Waals surface area contributed by atoms with E-state index in [0.717, 1.165) is 21.2 Å². The van der Waals surface area contributed by atoms with Crippen molar-refractivity contribution in [2.45, 2.75) is 25.4 Å². The van der Waals surface area contributed by atoms with Gasteiger partial charge in [-0.05, 0) is 34.2 Å². The zero-order valence-electron chi connectivity index (χ0n) is 14.9. The first-order valence-electron chi connectivity index (χ1n) is 9.00. The van der Waals surface area contributed by atoms with E-state index < -0.39 is 9.84 Å². The first-order valence-corrected chi connectivity index (χ1v) is 11.7. The van der Waals surface area contributed by atoms with Gasteiger partial charge in [-0.2, -0.15) is 0 Å². The third-order valence-electron chi connectivity index (χ3n) is 5.05. The van der Waals surface area contributed by atoms with Crippen LogP contribution in [0.1, 0.15) is 16.9 Å². The largest absolute Gasteiger partial charge is 0.333 e. The third kappa shape index (κ3) is 4.22. The van der Waals surface area contributed by atoms with Gasteiger partial charge in [0.2, 0.25) is 5.91 Å². The van der Waals surface area contributed by atoms with Gasteiger partial charge in [-0.15, -0.1) is 11.3 Å². The second kappa shape index (κ2) is 7.44. The predicted molar refractivity (Wildman–Crippen MR) is 110 cm³/mol. The van der Waals surface area contributed by atoms with Gasteiger partial charge in [0.25, 0.3) is 0 Å². The number of carbonyl (C=O) groups is 1. The molecular formula is C21H21NO3S2. The molecule has 0 bridgehead atoms. The van der Waals surface area contributed by atoms with Crippen molar-refractivity contribution in [1.29, 1.82) is 0 Å². The minimum absolute atomic E-state index is 0.0132. The lowest BCUT2D eigenvalue weighted by Gasteiger charge is -2.28.